The first-order valence-electron chi connectivity index (χ1n) is 7.42. The van der Waals surface area contributed by atoms with E-state index < -0.39 is 0 Å². The summed E-state index contributed by atoms with van der Waals surface area (Å²) >= 11 is 0. The summed E-state index contributed by atoms with van der Waals surface area (Å²) in [6, 6.07) is 8.86. The van der Waals surface area contributed by atoms with Gasteiger partial charge >= 0.3 is 0 Å². The Morgan fingerprint density at radius 2 is 2.00 bits per heavy atom. The van der Waals surface area contributed by atoms with Gasteiger partial charge in [-0.25, -0.2) is 0 Å². The van der Waals surface area contributed by atoms with Gasteiger partial charge in [-0.3, -0.25) is 0 Å². The molecular formula is C16H22N4. The van der Waals surface area contributed by atoms with Crippen LogP contribution in [0.5, 0.6) is 0 Å². The van der Waals surface area contributed by atoms with E-state index in [1.165, 1.54) is 23.9 Å². The molecule has 1 aliphatic rings. The summed E-state index contributed by atoms with van der Waals surface area (Å²) in [6.07, 6.45) is 4.38. The van der Waals surface area contributed by atoms with Crippen molar-refractivity contribution in [3.63, 3.8) is 0 Å². The van der Waals surface area contributed by atoms with E-state index in [4.69, 9.17) is 0 Å². The number of nitrogens with zero attached hydrogens (tertiary/aromatic N) is 3. The average molecular weight is 270 g/mol. The SMILES string of the molecule is CNC(C)C1CCN(c2cnnc3ccccc23)CC1. The Hall–Kier alpha value is -1.68. The lowest BCUT2D eigenvalue weighted by Crippen LogP contribution is -2.41. The zero-order chi connectivity index (χ0) is 13.9. The van der Waals surface area contributed by atoms with Gasteiger partial charge in [0.25, 0.3) is 0 Å². The summed E-state index contributed by atoms with van der Waals surface area (Å²) in [4.78, 5) is 2.45. The lowest BCUT2D eigenvalue weighted by Gasteiger charge is -2.36. The van der Waals surface area contributed by atoms with Gasteiger partial charge in [0, 0.05) is 24.5 Å². The number of benzene rings is 1. The minimum absolute atomic E-state index is 0.601. The van der Waals surface area contributed by atoms with E-state index in [0.29, 0.717) is 6.04 Å². The molecule has 0 aliphatic carbocycles. The lowest BCUT2D eigenvalue weighted by molar-refractivity contribution is 0.324. The highest BCUT2D eigenvalue weighted by atomic mass is 15.2. The van der Waals surface area contributed by atoms with Crippen molar-refractivity contribution in [2.24, 2.45) is 5.92 Å². The first-order valence-corrected chi connectivity index (χ1v) is 7.42. The van der Waals surface area contributed by atoms with Gasteiger partial charge in [0.2, 0.25) is 0 Å². The largest absolute Gasteiger partial charge is 0.370 e. The summed E-state index contributed by atoms with van der Waals surface area (Å²) in [5.41, 5.74) is 2.21. The molecule has 1 saturated heterocycles. The van der Waals surface area contributed by atoms with Gasteiger partial charge in [-0.05, 0) is 38.8 Å². The number of aromatic nitrogens is 2. The Kier molecular flexibility index (Phi) is 3.83. The van der Waals surface area contributed by atoms with Crippen molar-refractivity contribution in [2.75, 3.05) is 25.0 Å². The van der Waals surface area contributed by atoms with Crippen molar-refractivity contribution in [1.82, 2.24) is 15.5 Å². The molecule has 1 aromatic heterocycles. The molecule has 1 aromatic carbocycles. The standard InChI is InChI=1S/C16H22N4/c1-12(17-2)13-7-9-20(10-8-13)16-11-18-19-15-6-4-3-5-14(15)16/h3-6,11-13,17H,7-10H2,1-2H3. The Bertz CT molecular complexity index is 570. The lowest BCUT2D eigenvalue weighted by atomic mass is 9.90. The fourth-order valence-electron chi connectivity index (χ4n) is 3.12. The van der Waals surface area contributed by atoms with Gasteiger partial charge in [0.15, 0.2) is 0 Å². The summed E-state index contributed by atoms with van der Waals surface area (Å²) in [6.45, 7) is 4.49. The smallest absolute Gasteiger partial charge is 0.0950 e. The number of rotatable bonds is 3. The normalized spacial score (nSPS) is 18.4. The maximum atomic E-state index is 4.21. The molecule has 0 saturated carbocycles. The van der Waals surface area contributed by atoms with Gasteiger partial charge in [-0.1, -0.05) is 18.2 Å². The van der Waals surface area contributed by atoms with E-state index in [1.807, 2.05) is 18.3 Å². The molecular weight excluding hydrogens is 248 g/mol. The molecule has 1 unspecified atom stereocenters. The van der Waals surface area contributed by atoms with Crippen LogP contribution in [0.3, 0.4) is 0 Å². The van der Waals surface area contributed by atoms with Crippen molar-refractivity contribution < 1.29 is 0 Å². The number of fused-ring (bicyclic) bond motifs is 1. The van der Waals surface area contributed by atoms with E-state index in [9.17, 15) is 0 Å². The van der Waals surface area contributed by atoms with Crippen LogP contribution in [0.2, 0.25) is 0 Å². The molecule has 20 heavy (non-hydrogen) atoms. The third-order valence-corrected chi connectivity index (χ3v) is 4.57. The predicted octanol–water partition coefficient (Wildman–Crippen LogP) is 2.45. The number of anilines is 1. The second kappa shape index (κ2) is 5.75. The van der Waals surface area contributed by atoms with Crippen molar-refractivity contribution >= 4 is 16.6 Å². The fourth-order valence-corrected chi connectivity index (χ4v) is 3.12. The molecule has 2 heterocycles. The van der Waals surface area contributed by atoms with Crippen LogP contribution < -0.4 is 10.2 Å². The van der Waals surface area contributed by atoms with Crippen molar-refractivity contribution in [2.45, 2.75) is 25.8 Å². The van der Waals surface area contributed by atoms with E-state index in [2.05, 4.69) is 46.5 Å². The highest BCUT2D eigenvalue weighted by Crippen LogP contribution is 2.29. The van der Waals surface area contributed by atoms with Crippen LogP contribution in [0.15, 0.2) is 30.5 Å². The monoisotopic (exact) mass is 270 g/mol. The Morgan fingerprint density at radius 1 is 1.25 bits per heavy atom. The van der Waals surface area contributed by atoms with Crippen LogP contribution in [0.25, 0.3) is 10.9 Å². The predicted molar refractivity (Wildman–Crippen MR) is 83.0 cm³/mol. The third-order valence-electron chi connectivity index (χ3n) is 4.57. The molecule has 1 fully saturated rings. The molecule has 3 rings (SSSR count). The van der Waals surface area contributed by atoms with Crippen LogP contribution >= 0.6 is 0 Å². The maximum Gasteiger partial charge on any atom is 0.0950 e. The highest BCUT2D eigenvalue weighted by Gasteiger charge is 2.24. The molecule has 0 radical (unpaired) electrons. The zero-order valence-corrected chi connectivity index (χ0v) is 12.2. The quantitative estimate of drug-likeness (QED) is 0.930. The summed E-state index contributed by atoms with van der Waals surface area (Å²) in [5, 5.41) is 12.9. The Labute approximate surface area is 120 Å². The molecule has 4 heteroatoms. The topological polar surface area (TPSA) is 41.0 Å². The summed E-state index contributed by atoms with van der Waals surface area (Å²) in [5.74, 6) is 0.775. The van der Waals surface area contributed by atoms with Gasteiger partial charge < -0.3 is 10.2 Å². The molecule has 0 amide bonds. The van der Waals surface area contributed by atoms with Crippen LogP contribution in [-0.2, 0) is 0 Å². The minimum Gasteiger partial charge on any atom is -0.370 e. The molecule has 4 nitrogen and oxygen atoms in total. The molecule has 2 aromatic rings. The first kappa shape index (κ1) is 13.3. The van der Waals surface area contributed by atoms with E-state index in [1.54, 1.807) is 0 Å². The summed E-state index contributed by atoms with van der Waals surface area (Å²) < 4.78 is 0. The van der Waals surface area contributed by atoms with Gasteiger partial charge in [-0.2, -0.15) is 10.2 Å². The van der Waals surface area contributed by atoms with E-state index in [-0.39, 0.29) is 0 Å². The van der Waals surface area contributed by atoms with Crippen molar-refractivity contribution in [3.8, 4) is 0 Å². The van der Waals surface area contributed by atoms with Gasteiger partial charge in [-0.15, -0.1) is 0 Å². The number of nitrogens with one attached hydrogen (secondary N) is 1. The Morgan fingerprint density at radius 3 is 2.75 bits per heavy atom. The fraction of sp³-hybridized carbons (Fsp3) is 0.500. The molecule has 1 aliphatic heterocycles. The van der Waals surface area contributed by atoms with Crippen LogP contribution in [0.1, 0.15) is 19.8 Å². The average Bonchev–Trinajstić information content (AvgIpc) is 2.54. The molecule has 0 spiro atoms. The molecule has 1 N–H and O–H groups in total. The first-order chi connectivity index (χ1) is 9.79. The minimum atomic E-state index is 0.601. The Balaban J connectivity index is 1.80. The third kappa shape index (κ3) is 2.48. The van der Waals surface area contributed by atoms with Gasteiger partial charge in [0.1, 0.15) is 0 Å². The zero-order valence-electron chi connectivity index (χ0n) is 12.2. The van der Waals surface area contributed by atoms with Crippen LogP contribution in [-0.4, -0.2) is 36.4 Å². The second-order valence-corrected chi connectivity index (χ2v) is 5.65. The van der Waals surface area contributed by atoms with Crippen molar-refractivity contribution in [3.05, 3.63) is 30.5 Å². The number of hydrogen-bond acceptors (Lipinski definition) is 4. The maximum absolute atomic E-state index is 4.21. The number of piperidine rings is 1. The molecule has 1 atom stereocenters. The highest BCUT2D eigenvalue weighted by molar-refractivity contribution is 5.90. The second-order valence-electron chi connectivity index (χ2n) is 5.65. The molecule has 0 bridgehead atoms. The van der Waals surface area contributed by atoms with Crippen molar-refractivity contribution in [1.29, 1.82) is 0 Å². The van der Waals surface area contributed by atoms with Gasteiger partial charge in [0.05, 0.1) is 17.4 Å². The van der Waals surface area contributed by atoms with Crippen LogP contribution in [0.4, 0.5) is 5.69 Å². The summed E-state index contributed by atoms with van der Waals surface area (Å²) in [7, 11) is 2.05. The van der Waals surface area contributed by atoms with E-state index in [0.717, 1.165) is 24.5 Å². The molecule has 106 valence electrons. The van der Waals surface area contributed by atoms with Crippen LogP contribution in [0, 0.1) is 5.92 Å². The number of hydrogen-bond donors (Lipinski definition) is 1. The van der Waals surface area contributed by atoms with E-state index >= 15 is 0 Å².